The van der Waals surface area contributed by atoms with Gasteiger partial charge in [0.05, 0.1) is 0 Å². The second kappa shape index (κ2) is 5.75. The van der Waals surface area contributed by atoms with Crippen molar-refractivity contribution in [3.8, 4) is 10.4 Å². The molecule has 1 nitrogen and oxygen atoms in total. The van der Waals surface area contributed by atoms with Gasteiger partial charge >= 0.3 is 0 Å². The van der Waals surface area contributed by atoms with Gasteiger partial charge in [-0.05, 0) is 29.8 Å². The van der Waals surface area contributed by atoms with Crippen LogP contribution in [0.25, 0.3) is 10.4 Å². The van der Waals surface area contributed by atoms with Gasteiger partial charge in [-0.15, -0.1) is 11.3 Å². The lowest BCUT2D eigenvalue weighted by Gasteiger charge is -2.05. The van der Waals surface area contributed by atoms with Crippen LogP contribution < -0.4 is 5.32 Å². The summed E-state index contributed by atoms with van der Waals surface area (Å²) >= 11 is 1.43. The number of benzene rings is 1. The van der Waals surface area contributed by atoms with E-state index in [4.69, 9.17) is 0 Å². The lowest BCUT2D eigenvalue weighted by molar-refractivity contribution is 0.448. The van der Waals surface area contributed by atoms with Crippen molar-refractivity contribution in [2.75, 3.05) is 0 Å². The average Bonchev–Trinajstić information content (AvgIpc) is 2.81. The minimum absolute atomic E-state index is 0.359. The summed E-state index contributed by atoms with van der Waals surface area (Å²) in [7, 11) is 0. The highest BCUT2D eigenvalue weighted by atomic mass is 32.1. The van der Waals surface area contributed by atoms with Crippen LogP contribution in [0.4, 0.5) is 13.2 Å². The topological polar surface area (TPSA) is 12.0 Å². The maximum atomic E-state index is 13.2. The first-order valence-electron chi connectivity index (χ1n) is 5.94. The largest absolute Gasteiger partial charge is 0.310 e. The molecule has 2 aromatic rings. The first kappa shape index (κ1) is 14.1. The first-order valence-corrected chi connectivity index (χ1v) is 6.76. The quantitative estimate of drug-likeness (QED) is 0.824. The molecule has 1 N–H and O–H groups in total. The van der Waals surface area contributed by atoms with E-state index in [1.165, 1.54) is 11.3 Å². The Morgan fingerprint density at radius 3 is 2.32 bits per heavy atom. The zero-order valence-corrected chi connectivity index (χ0v) is 11.5. The van der Waals surface area contributed by atoms with Gasteiger partial charge in [0.2, 0.25) is 0 Å². The van der Waals surface area contributed by atoms with Crippen LogP contribution in [0.15, 0.2) is 24.3 Å². The Morgan fingerprint density at radius 1 is 1.11 bits per heavy atom. The molecule has 2 rings (SSSR count). The van der Waals surface area contributed by atoms with Crippen LogP contribution in [-0.2, 0) is 6.54 Å². The van der Waals surface area contributed by atoms with Gasteiger partial charge in [-0.25, -0.2) is 13.2 Å². The van der Waals surface area contributed by atoms with Gasteiger partial charge < -0.3 is 5.32 Å². The third-order valence-corrected chi connectivity index (χ3v) is 3.75. The molecule has 0 saturated heterocycles. The number of nitrogens with one attached hydrogen (secondary N) is 1. The van der Waals surface area contributed by atoms with E-state index in [1.54, 1.807) is 6.07 Å². The summed E-state index contributed by atoms with van der Waals surface area (Å²) in [5, 5.41) is 3.26. The molecule has 0 bridgehead atoms. The molecule has 5 heteroatoms. The summed E-state index contributed by atoms with van der Waals surface area (Å²) in [6.45, 7) is 4.78. The monoisotopic (exact) mass is 285 g/mol. The molecule has 102 valence electrons. The third-order valence-electron chi connectivity index (χ3n) is 2.61. The van der Waals surface area contributed by atoms with Crippen molar-refractivity contribution < 1.29 is 13.2 Å². The number of thiophene rings is 1. The predicted molar refractivity (Wildman–Crippen MR) is 71.6 cm³/mol. The number of hydrogen-bond acceptors (Lipinski definition) is 2. The van der Waals surface area contributed by atoms with Gasteiger partial charge in [0.25, 0.3) is 0 Å². The molecule has 0 atom stereocenters. The van der Waals surface area contributed by atoms with Gasteiger partial charge in [-0.1, -0.05) is 13.8 Å². The summed E-state index contributed by atoms with van der Waals surface area (Å²) in [4.78, 5) is 1.78. The second-order valence-electron chi connectivity index (χ2n) is 4.56. The summed E-state index contributed by atoms with van der Waals surface area (Å²) in [6, 6.07) is 6.09. The fourth-order valence-electron chi connectivity index (χ4n) is 1.63. The van der Waals surface area contributed by atoms with E-state index in [2.05, 4.69) is 5.32 Å². The zero-order valence-electron chi connectivity index (χ0n) is 10.6. The van der Waals surface area contributed by atoms with Crippen molar-refractivity contribution in [1.29, 1.82) is 0 Å². The molecule has 0 aliphatic rings. The Labute approximate surface area is 114 Å². The Hall–Kier alpha value is -1.33. The van der Waals surface area contributed by atoms with Crippen molar-refractivity contribution in [3.63, 3.8) is 0 Å². The Morgan fingerprint density at radius 2 is 1.74 bits per heavy atom. The predicted octanol–water partition coefficient (Wildman–Crippen LogP) is 4.33. The van der Waals surface area contributed by atoms with Crippen molar-refractivity contribution >= 4 is 11.3 Å². The molecule has 0 radical (unpaired) electrons. The van der Waals surface area contributed by atoms with Gasteiger partial charge in [0.15, 0.2) is 17.5 Å². The third kappa shape index (κ3) is 3.36. The minimum Gasteiger partial charge on any atom is -0.310 e. The van der Waals surface area contributed by atoms with E-state index in [0.717, 1.165) is 21.9 Å². The molecule has 0 fully saturated rings. The molecule has 0 saturated carbocycles. The average molecular weight is 285 g/mol. The fraction of sp³-hybridized carbons (Fsp3) is 0.286. The molecule has 1 aromatic heterocycles. The highest BCUT2D eigenvalue weighted by Crippen LogP contribution is 2.30. The Kier molecular flexibility index (Phi) is 4.27. The lowest BCUT2D eigenvalue weighted by atomic mass is 10.1. The molecule has 19 heavy (non-hydrogen) atoms. The lowest BCUT2D eigenvalue weighted by Crippen LogP contribution is -2.21. The highest BCUT2D eigenvalue weighted by Gasteiger charge is 2.12. The van der Waals surface area contributed by atoms with Crippen LogP contribution in [-0.4, -0.2) is 6.04 Å². The van der Waals surface area contributed by atoms with E-state index in [1.807, 2.05) is 19.9 Å². The van der Waals surface area contributed by atoms with E-state index in [-0.39, 0.29) is 0 Å². The Bertz CT molecular complexity index is 555. The second-order valence-corrected chi connectivity index (χ2v) is 5.72. The molecule has 0 unspecified atom stereocenters. The smallest absolute Gasteiger partial charge is 0.194 e. The van der Waals surface area contributed by atoms with Crippen LogP contribution in [0.2, 0.25) is 0 Å². The molecular formula is C14H14F3NS. The highest BCUT2D eigenvalue weighted by molar-refractivity contribution is 7.15. The van der Waals surface area contributed by atoms with Crippen LogP contribution in [0, 0.1) is 17.5 Å². The van der Waals surface area contributed by atoms with Crippen LogP contribution in [0.3, 0.4) is 0 Å². The molecule has 0 aliphatic heterocycles. The normalized spacial score (nSPS) is 11.3. The molecule has 0 amide bonds. The molecule has 0 spiro atoms. The molecule has 0 aliphatic carbocycles. The number of hydrogen-bond donors (Lipinski definition) is 1. The molecule has 1 aromatic carbocycles. The van der Waals surface area contributed by atoms with Gasteiger partial charge in [-0.2, -0.15) is 0 Å². The van der Waals surface area contributed by atoms with Gasteiger partial charge in [0.1, 0.15) is 0 Å². The summed E-state index contributed by atoms with van der Waals surface area (Å²) in [5.74, 6) is -3.75. The summed E-state index contributed by atoms with van der Waals surface area (Å²) in [6.07, 6.45) is 0. The fourth-order valence-corrected chi connectivity index (χ4v) is 2.58. The summed E-state index contributed by atoms with van der Waals surface area (Å²) in [5.41, 5.74) is 0.359. The Balaban J connectivity index is 2.23. The maximum Gasteiger partial charge on any atom is 0.194 e. The van der Waals surface area contributed by atoms with Crippen molar-refractivity contribution in [2.24, 2.45) is 0 Å². The summed E-state index contributed by atoms with van der Waals surface area (Å²) < 4.78 is 39.2. The zero-order chi connectivity index (χ0) is 14.0. The molecular weight excluding hydrogens is 271 g/mol. The SMILES string of the molecule is CC(C)NCc1ccc(-c2cc(F)c(F)c(F)c2)s1. The van der Waals surface area contributed by atoms with E-state index in [0.29, 0.717) is 18.2 Å². The number of halogens is 3. The van der Waals surface area contributed by atoms with Crippen molar-refractivity contribution in [1.82, 2.24) is 5.32 Å². The van der Waals surface area contributed by atoms with Crippen molar-refractivity contribution in [2.45, 2.75) is 26.4 Å². The van der Waals surface area contributed by atoms with E-state index >= 15 is 0 Å². The van der Waals surface area contributed by atoms with Crippen LogP contribution in [0.1, 0.15) is 18.7 Å². The van der Waals surface area contributed by atoms with Crippen LogP contribution >= 0.6 is 11.3 Å². The molecule has 1 heterocycles. The maximum absolute atomic E-state index is 13.2. The van der Waals surface area contributed by atoms with Gasteiger partial charge in [-0.3, -0.25) is 0 Å². The van der Waals surface area contributed by atoms with Crippen LogP contribution in [0.5, 0.6) is 0 Å². The minimum atomic E-state index is -1.43. The first-order chi connectivity index (χ1) is 8.97. The number of rotatable bonds is 4. The van der Waals surface area contributed by atoms with Gasteiger partial charge in [0, 0.05) is 22.3 Å². The van der Waals surface area contributed by atoms with E-state index in [9.17, 15) is 13.2 Å². The van der Waals surface area contributed by atoms with E-state index < -0.39 is 17.5 Å². The standard InChI is InChI=1S/C14H14F3NS/c1-8(2)18-7-10-3-4-13(19-10)9-5-11(15)14(17)12(16)6-9/h3-6,8,18H,7H2,1-2H3. The van der Waals surface area contributed by atoms with Crippen molar-refractivity contribution in [3.05, 3.63) is 46.6 Å².